The lowest BCUT2D eigenvalue weighted by Crippen LogP contribution is -2.48. The van der Waals surface area contributed by atoms with Crippen LogP contribution in [-0.4, -0.2) is 30.1 Å². The molecule has 0 fully saturated rings. The summed E-state index contributed by atoms with van der Waals surface area (Å²) in [5, 5.41) is 12.8. The molecule has 1 rings (SSSR count). The van der Waals surface area contributed by atoms with E-state index in [1.807, 2.05) is 31.2 Å². The van der Waals surface area contributed by atoms with Gasteiger partial charge in [-0.05, 0) is 44.9 Å². The molecular formula is C16H26ClNO4. The molecule has 6 heteroatoms. The molecule has 0 radical (unpaired) electrons. The molecule has 0 aliphatic carbocycles. The highest BCUT2D eigenvalue weighted by molar-refractivity contribution is 5.85. The van der Waals surface area contributed by atoms with E-state index in [0.29, 0.717) is 12.2 Å². The van der Waals surface area contributed by atoms with Gasteiger partial charge in [-0.3, -0.25) is 10.1 Å². The minimum Gasteiger partial charge on any atom is -0.475 e. The van der Waals surface area contributed by atoms with E-state index < -0.39 is 5.72 Å². The summed E-state index contributed by atoms with van der Waals surface area (Å²) in [7, 11) is 1.37. The van der Waals surface area contributed by atoms with Crippen molar-refractivity contribution in [1.29, 1.82) is 0 Å². The molecule has 2 unspecified atom stereocenters. The van der Waals surface area contributed by atoms with E-state index in [9.17, 15) is 9.90 Å². The predicted octanol–water partition coefficient (Wildman–Crippen LogP) is 2.82. The number of carbonyl (C=O) groups is 1. The summed E-state index contributed by atoms with van der Waals surface area (Å²) in [6.07, 6.45) is 0.384. The van der Waals surface area contributed by atoms with Gasteiger partial charge in [0.25, 0.3) is 0 Å². The maximum Gasteiger partial charge on any atom is 0.312 e. The van der Waals surface area contributed by atoms with E-state index >= 15 is 0 Å². The summed E-state index contributed by atoms with van der Waals surface area (Å²) < 4.78 is 10.6. The van der Waals surface area contributed by atoms with Gasteiger partial charge in [0, 0.05) is 0 Å². The zero-order valence-electron chi connectivity index (χ0n) is 13.8. The topological polar surface area (TPSA) is 67.8 Å². The van der Waals surface area contributed by atoms with Gasteiger partial charge in [0.15, 0.2) is 6.23 Å². The first-order valence-corrected chi connectivity index (χ1v) is 7.11. The molecule has 1 aromatic carbocycles. The van der Waals surface area contributed by atoms with Gasteiger partial charge in [-0.1, -0.05) is 19.1 Å². The summed E-state index contributed by atoms with van der Waals surface area (Å²) in [6.45, 7) is 7.07. The zero-order valence-corrected chi connectivity index (χ0v) is 14.6. The van der Waals surface area contributed by atoms with Crippen LogP contribution < -0.4 is 10.1 Å². The first-order chi connectivity index (χ1) is 9.76. The molecule has 0 saturated carbocycles. The van der Waals surface area contributed by atoms with Crippen molar-refractivity contribution in [2.24, 2.45) is 0 Å². The number of aliphatic hydroxyl groups is 1. The third kappa shape index (κ3) is 6.64. The third-order valence-corrected chi connectivity index (χ3v) is 3.08. The summed E-state index contributed by atoms with van der Waals surface area (Å²) in [5.74, 6) is 0.0153. The van der Waals surface area contributed by atoms with E-state index in [-0.39, 0.29) is 30.5 Å². The minimum absolute atomic E-state index is 0. The van der Waals surface area contributed by atoms with Gasteiger partial charge in [0.1, 0.15) is 11.5 Å². The van der Waals surface area contributed by atoms with Gasteiger partial charge >= 0.3 is 5.97 Å². The number of hydrogen-bond acceptors (Lipinski definition) is 5. The Morgan fingerprint density at radius 2 is 2.05 bits per heavy atom. The Balaban J connectivity index is 0.00000441. The van der Waals surface area contributed by atoms with Crippen molar-refractivity contribution in [1.82, 2.24) is 5.32 Å². The van der Waals surface area contributed by atoms with Crippen LogP contribution in [0.15, 0.2) is 24.3 Å². The van der Waals surface area contributed by atoms with Crippen LogP contribution in [0.5, 0.6) is 5.75 Å². The summed E-state index contributed by atoms with van der Waals surface area (Å²) >= 11 is 0. The fourth-order valence-corrected chi connectivity index (χ4v) is 1.94. The van der Waals surface area contributed by atoms with Gasteiger partial charge in [0.05, 0.1) is 13.0 Å². The van der Waals surface area contributed by atoms with Crippen LogP contribution in [0.4, 0.5) is 0 Å². The largest absolute Gasteiger partial charge is 0.475 e. The van der Waals surface area contributed by atoms with Crippen LogP contribution in [0, 0.1) is 0 Å². The van der Waals surface area contributed by atoms with Gasteiger partial charge < -0.3 is 14.6 Å². The SMILES string of the molecule is CCC(NC(C)(C)O)Oc1cccc(C(C)C(=O)OC)c1.Cl. The lowest BCUT2D eigenvalue weighted by atomic mass is 10.0. The molecule has 0 aromatic heterocycles. The second-order valence-corrected chi connectivity index (χ2v) is 5.54. The molecular weight excluding hydrogens is 306 g/mol. The second-order valence-electron chi connectivity index (χ2n) is 5.54. The summed E-state index contributed by atoms with van der Waals surface area (Å²) in [5.41, 5.74) is -0.185. The fraction of sp³-hybridized carbons (Fsp3) is 0.562. The van der Waals surface area contributed by atoms with Crippen molar-refractivity contribution in [3.63, 3.8) is 0 Å². The maximum absolute atomic E-state index is 11.6. The van der Waals surface area contributed by atoms with Gasteiger partial charge in [0.2, 0.25) is 0 Å². The Bertz CT molecular complexity index is 473. The molecule has 2 N–H and O–H groups in total. The number of ether oxygens (including phenoxy) is 2. The number of hydrogen-bond donors (Lipinski definition) is 2. The first kappa shape index (κ1) is 20.7. The molecule has 0 spiro atoms. The standard InChI is InChI=1S/C16H25NO4.ClH/c1-6-14(17-16(3,4)19)21-13-9-7-8-12(10-13)11(2)15(18)20-5;/h7-11,14,17,19H,6H2,1-5H3;1H. The molecule has 22 heavy (non-hydrogen) atoms. The first-order valence-electron chi connectivity index (χ1n) is 7.11. The molecule has 1 aromatic rings. The predicted molar refractivity (Wildman–Crippen MR) is 88.3 cm³/mol. The van der Waals surface area contributed by atoms with Crippen molar-refractivity contribution in [3.05, 3.63) is 29.8 Å². The Labute approximate surface area is 138 Å². The van der Waals surface area contributed by atoms with E-state index in [4.69, 9.17) is 9.47 Å². The number of halogens is 1. The van der Waals surface area contributed by atoms with E-state index in [1.165, 1.54) is 7.11 Å². The second kappa shape index (κ2) is 8.98. The normalized spacial score (nSPS) is 13.7. The number of rotatable bonds is 7. The molecule has 0 aliphatic rings. The van der Waals surface area contributed by atoms with Crippen LogP contribution in [0.25, 0.3) is 0 Å². The fourth-order valence-electron chi connectivity index (χ4n) is 1.94. The van der Waals surface area contributed by atoms with Crippen LogP contribution in [-0.2, 0) is 9.53 Å². The van der Waals surface area contributed by atoms with Gasteiger partial charge in [-0.15, -0.1) is 12.4 Å². The smallest absolute Gasteiger partial charge is 0.312 e. The number of benzene rings is 1. The average molecular weight is 332 g/mol. The van der Waals surface area contributed by atoms with Crippen molar-refractivity contribution < 1.29 is 19.4 Å². The van der Waals surface area contributed by atoms with E-state index in [1.54, 1.807) is 20.8 Å². The molecule has 5 nitrogen and oxygen atoms in total. The number of esters is 1. The molecule has 2 atom stereocenters. The van der Waals surface area contributed by atoms with Gasteiger partial charge in [-0.25, -0.2) is 0 Å². The molecule has 0 heterocycles. The lowest BCUT2D eigenvalue weighted by molar-refractivity contribution is -0.141. The van der Waals surface area contributed by atoms with Crippen LogP contribution in [0.1, 0.15) is 45.6 Å². The van der Waals surface area contributed by atoms with Crippen molar-refractivity contribution >= 4 is 18.4 Å². The van der Waals surface area contributed by atoms with Gasteiger partial charge in [-0.2, -0.15) is 0 Å². The highest BCUT2D eigenvalue weighted by atomic mass is 35.5. The van der Waals surface area contributed by atoms with Crippen molar-refractivity contribution in [2.45, 2.75) is 52.0 Å². The maximum atomic E-state index is 11.6. The minimum atomic E-state index is -1.02. The van der Waals surface area contributed by atoms with Crippen LogP contribution in [0.3, 0.4) is 0 Å². The van der Waals surface area contributed by atoms with E-state index in [0.717, 1.165) is 5.56 Å². The summed E-state index contributed by atoms with van der Waals surface area (Å²) in [4.78, 5) is 11.6. The summed E-state index contributed by atoms with van der Waals surface area (Å²) in [6, 6.07) is 7.33. The highest BCUT2D eigenvalue weighted by Gasteiger charge is 2.20. The molecule has 0 amide bonds. The Morgan fingerprint density at radius 3 is 2.55 bits per heavy atom. The Hall–Kier alpha value is -1.30. The Morgan fingerprint density at radius 1 is 1.41 bits per heavy atom. The number of methoxy groups -OCH3 is 1. The molecule has 0 saturated heterocycles. The van der Waals surface area contributed by atoms with E-state index in [2.05, 4.69) is 5.32 Å². The average Bonchev–Trinajstić information content (AvgIpc) is 2.43. The van der Waals surface area contributed by atoms with Crippen LogP contribution in [0.2, 0.25) is 0 Å². The van der Waals surface area contributed by atoms with Crippen molar-refractivity contribution in [3.8, 4) is 5.75 Å². The number of nitrogens with one attached hydrogen (secondary N) is 1. The quantitative estimate of drug-likeness (QED) is 0.594. The molecule has 0 aliphatic heterocycles. The Kier molecular flexibility index (Phi) is 8.45. The highest BCUT2D eigenvalue weighted by Crippen LogP contribution is 2.22. The zero-order chi connectivity index (χ0) is 16.0. The van der Waals surface area contributed by atoms with Crippen LogP contribution >= 0.6 is 12.4 Å². The monoisotopic (exact) mass is 331 g/mol. The molecule has 0 bridgehead atoms. The molecule has 126 valence electrons. The lowest BCUT2D eigenvalue weighted by Gasteiger charge is -2.27. The number of carbonyl (C=O) groups excluding carboxylic acids is 1. The third-order valence-electron chi connectivity index (χ3n) is 3.08. The van der Waals surface area contributed by atoms with Crippen molar-refractivity contribution in [2.75, 3.05) is 7.11 Å².